The molecule has 34 heteroatoms. The van der Waals surface area contributed by atoms with Crippen LogP contribution in [0, 0.1) is 13.8 Å². The van der Waals surface area contributed by atoms with Gasteiger partial charge in [-0.05, 0) is 138 Å². The number of anilines is 7. The quantitative estimate of drug-likeness (QED) is 0.0195. The molecule has 0 saturated heterocycles. The first-order valence-electron chi connectivity index (χ1n) is 27.0. The van der Waals surface area contributed by atoms with Crippen molar-refractivity contribution in [1.82, 2.24) is 24.9 Å². The van der Waals surface area contributed by atoms with E-state index in [0.29, 0.717) is 37.6 Å². The maximum absolute atomic E-state index is 13.0. The highest BCUT2D eigenvalue weighted by Crippen LogP contribution is 2.42. The molecule has 28 nitrogen and oxygen atoms in total. The van der Waals surface area contributed by atoms with Gasteiger partial charge in [-0.25, -0.2) is 9.97 Å². The lowest BCUT2D eigenvalue weighted by Gasteiger charge is -2.24. The minimum absolute atomic E-state index is 0.0371. The average molecular weight is 1330 g/mol. The number of rotatable bonds is 25. The predicted molar refractivity (Wildman–Crippen MR) is 340 cm³/mol. The number of hydrogen-bond donors (Lipinski definition) is 8. The van der Waals surface area contributed by atoms with E-state index in [1.165, 1.54) is 55.1 Å². The first-order valence-corrected chi connectivity index (χ1v) is 34.4. The molecule has 89 heavy (non-hydrogen) atoms. The molecule has 0 aliphatic heterocycles. The van der Waals surface area contributed by atoms with Gasteiger partial charge >= 0.3 is 0 Å². The highest BCUT2D eigenvalue weighted by molar-refractivity contribution is 7.87. The number of aliphatic hydroxyl groups is 2. The summed E-state index contributed by atoms with van der Waals surface area (Å²) in [6.45, 7) is 12.3. The monoisotopic (exact) mass is 1330 g/mol. The Labute approximate surface area is 519 Å². The summed E-state index contributed by atoms with van der Waals surface area (Å²) >= 11 is 1.77. The molecule has 3 aromatic heterocycles. The van der Waals surface area contributed by atoms with Crippen molar-refractivity contribution < 1.29 is 62.1 Å². The number of hydrogen-bond acceptors (Lipinski definition) is 26. The Hall–Kier alpha value is -8.13. The summed E-state index contributed by atoms with van der Waals surface area (Å²) in [5.41, 5.74) is 2.77. The number of fused-ring (bicyclic) bond motifs is 2. The van der Waals surface area contributed by atoms with Crippen LogP contribution in [0.15, 0.2) is 137 Å². The van der Waals surface area contributed by atoms with E-state index in [1.54, 1.807) is 48.5 Å². The molecule has 0 aliphatic rings. The van der Waals surface area contributed by atoms with Crippen LogP contribution in [0.1, 0.15) is 38.8 Å². The summed E-state index contributed by atoms with van der Waals surface area (Å²) in [6.07, 6.45) is 0. The second-order valence-electron chi connectivity index (χ2n) is 19.5. The summed E-state index contributed by atoms with van der Waals surface area (Å²) in [6, 6.07) is 23.9. The maximum atomic E-state index is 13.0. The molecule has 0 unspecified atom stereocenters. The molecule has 0 bridgehead atoms. The summed E-state index contributed by atoms with van der Waals surface area (Å²) in [4.78, 5) is 26.6. The zero-order valence-electron chi connectivity index (χ0n) is 48.2. The van der Waals surface area contributed by atoms with Gasteiger partial charge in [0.1, 0.15) is 52.3 Å². The second kappa shape index (κ2) is 26.5. The normalized spacial score (nSPS) is 12.4. The number of nitrogens with zero attached hydrogens (tertiary/aromatic N) is 12. The zero-order chi connectivity index (χ0) is 64.3. The third-order valence-corrected chi connectivity index (χ3v) is 20.2. The predicted octanol–water partition coefficient (Wildman–Crippen LogP) is 10.8. The second-order valence-corrected chi connectivity index (χ2v) is 27.0. The van der Waals surface area contributed by atoms with Crippen molar-refractivity contribution in [3.05, 3.63) is 108 Å². The molecule has 0 amide bonds. The first kappa shape index (κ1) is 65.3. The molecule has 6 aromatic carbocycles. The smallest absolute Gasteiger partial charge is 0.296 e. The van der Waals surface area contributed by atoms with Gasteiger partial charge in [-0.2, -0.15) is 48.6 Å². The molecular formula is C55H58N14O14S6. The van der Waals surface area contributed by atoms with Crippen molar-refractivity contribution in [2.75, 3.05) is 77.8 Å². The van der Waals surface area contributed by atoms with Crippen LogP contribution in [0.5, 0.6) is 0 Å². The van der Waals surface area contributed by atoms with Gasteiger partial charge in [-0.15, -0.1) is 43.1 Å². The van der Waals surface area contributed by atoms with Crippen molar-refractivity contribution in [2.24, 2.45) is 20.5 Å². The Kier molecular flexibility index (Phi) is 19.5. The highest BCUT2D eigenvalue weighted by atomic mass is 32.2. The number of thiazole rings is 2. The number of azo groups is 2. The van der Waals surface area contributed by atoms with E-state index < -0.39 is 50.3 Å². The van der Waals surface area contributed by atoms with E-state index in [2.05, 4.69) is 51.0 Å². The van der Waals surface area contributed by atoms with Crippen molar-refractivity contribution >= 4 is 147 Å². The molecule has 0 aliphatic carbocycles. The molecule has 0 spiro atoms. The Morgan fingerprint density at radius 3 is 1.17 bits per heavy atom. The lowest BCUT2D eigenvalue weighted by atomic mass is 10.2. The summed E-state index contributed by atoms with van der Waals surface area (Å²) in [7, 11) is -19.4. The fraction of sp³-hybridized carbons (Fsp3) is 0.255. The molecule has 9 rings (SSSR count). The van der Waals surface area contributed by atoms with Crippen LogP contribution in [0.2, 0.25) is 0 Å². The van der Waals surface area contributed by atoms with Gasteiger partial charge < -0.3 is 35.5 Å². The fourth-order valence-electron chi connectivity index (χ4n) is 9.51. The Bertz CT molecular complexity index is 4440. The van der Waals surface area contributed by atoms with Gasteiger partial charge in [0, 0.05) is 61.8 Å². The summed E-state index contributed by atoms with van der Waals surface area (Å²) < 4.78 is 143. The first-order chi connectivity index (χ1) is 42.1. The Morgan fingerprint density at radius 1 is 0.449 bits per heavy atom. The molecule has 3 heterocycles. The minimum Gasteiger partial charge on any atom is -0.395 e. The standard InChI is InChI=1S/C55H58N14O14S6/c1-7-67(8-2)35-15-21-37(63-65-39-19-13-33(27-45(39)86(72,73)74)51-56-41-17-11-31(5)49(47(41)84-51)88(78,79)80)43(29-35)58-53-60-54(62-55(61-53)69(23-25-70)24-26-71)59-44-30-36(68(9-3)10-4)16-22-38(44)64-66-40-20-14-34(28-46(40)87(75,76)77)52-57-42-18-12-32(6)50(48(42)85-52)89(81,82)83/h11-22,27-30,70-71H,7-10,23-26H2,1-6H3,(H,72,73,74)(H,75,76,77)(H,78,79,80)(H,81,82,83)(H2,58,59,60,61,62). The molecule has 0 atom stereocenters. The van der Waals surface area contributed by atoms with Crippen LogP contribution in [-0.4, -0.2) is 139 Å². The highest BCUT2D eigenvalue weighted by Gasteiger charge is 2.26. The molecule has 0 radical (unpaired) electrons. The molecule has 8 N–H and O–H groups in total. The van der Waals surface area contributed by atoms with Crippen LogP contribution in [-0.2, 0) is 40.5 Å². The van der Waals surface area contributed by atoms with Crippen molar-refractivity contribution in [3.8, 4) is 21.1 Å². The van der Waals surface area contributed by atoms with Crippen LogP contribution < -0.4 is 25.3 Å². The van der Waals surface area contributed by atoms with Gasteiger partial charge in [0.25, 0.3) is 40.5 Å². The van der Waals surface area contributed by atoms with Gasteiger partial charge in [-0.1, -0.05) is 12.1 Å². The maximum Gasteiger partial charge on any atom is 0.296 e. The van der Waals surface area contributed by atoms with E-state index in [-0.39, 0.29) is 141 Å². The molecule has 9 aromatic rings. The van der Waals surface area contributed by atoms with E-state index in [4.69, 9.17) is 4.98 Å². The number of nitrogens with one attached hydrogen (secondary N) is 2. The Morgan fingerprint density at radius 2 is 0.820 bits per heavy atom. The van der Waals surface area contributed by atoms with Crippen LogP contribution in [0.4, 0.5) is 63.3 Å². The minimum atomic E-state index is -5.01. The topological polar surface area (TPSA) is 406 Å². The van der Waals surface area contributed by atoms with Crippen LogP contribution in [0.3, 0.4) is 0 Å². The largest absolute Gasteiger partial charge is 0.395 e. The molecule has 468 valence electrons. The van der Waals surface area contributed by atoms with Gasteiger partial charge in [0.15, 0.2) is 0 Å². The number of aryl methyl sites for hydroxylation is 2. The molecule has 0 saturated carbocycles. The zero-order valence-corrected chi connectivity index (χ0v) is 53.1. The molecular weight excluding hydrogens is 1270 g/mol. The third-order valence-electron chi connectivity index (χ3n) is 13.8. The average Bonchev–Trinajstić information content (AvgIpc) is 1.69. The number of benzene rings is 6. The van der Waals surface area contributed by atoms with Crippen molar-refractivity contribution in [3.63, 3.8) is 0 Å². The van der Waals surface area contributed by atoms with Gasteiger partial charge in [-0.3, -0.25) is 18.2 Å². The lowest BCUT2D eigenvalue weighted by Crippen LogP contribution is -2.31. The van der Waals surface area contributed by atoms with Crippen molar-refractivity contribution in [1.29, 1.82) is 0 Å². The van der Waals surface area contributed by atoms with Crippen LogP contribution in [0.25, 0.3) is 41.6 Å². The molecule has 0 fully saturated rings. The third kappa shape index (κ3) is 14.6. The van der Waals surface area contributed by atoms with Gasteiger partial charge in [0.2, 0.25) is 17.8 Å². The van der Waals surface area contributed by atoms with E-state index in [0.717, 1.165) is 34.8 Å². The van der Waals surface area contributed by atoms with Crippen LogP contribution >= 0.6 is 22.7 Å². The van der Waals surface area contributed by atoms with E-state index in [9.17, 15) is 62.1 Å². The summed E-state index contributed by atoms with van der Waals surface area (Å²) in [5, 5.41) is 44.5. The van der Waals surface area contributed by atoms with E-state index in [1.807, 2.05) is 37.5 Å². The SMILES string of the molecule is CCN(CC)c1ccc(N=Nc2ccc(-c3nc4ccc(C)c(S(=O)(=O)O)c4s3)cc2S(=O)(=O)O)c(Nc2nc(Nc3cc(N(CC)CC)ccc3N=Nc3ccc(-c4nc5ccc(C)c(S(=O)(=O)O)c5s4)cc3S(=O)(=O)O)nc(N(CCO)CCO)n2)c1. The van der Waals surface area contributed by atoms with E-state index >= 15 is 0 Å². The van der Waals surface area contributed by atoms with Crippen molar-refractivity contribution in [2.45, 2.75) is 61.1 Å². The Balaban J connectivity index is 1.12. The van der Waals surface area contributed by atoms with Gasteiger partial charge in [0.05, 0.1) is 45.0 Å². The number of aromatic nitrogens is 5. The number of aliphatic hydroxyl groups excluding tert-OH is 2. The summed E-state index contributed by atoms with van der Waals surface area (Å²) in [5.74, 6) is -0.294. The lowest BCUT2D eigenvalue weighted by molar-refractivity contribution is 0.280. The fourth-order valence-corrected chi connectivity index (χ4v) is 15.4.